The van der Waals surface area contributed by atoms with Crippen molar-refractivity contribution in [1.29, 1.82) is 0 Å². The average molecular weight is 414 g/mol. The molecular formula is C21H26N4O5. The second-order valence-electron chi connectivity index (χ2n) is 8.04. The predicted molar refractivity (Wildman–Crippen MR) is 110 cm³/mol. The number of carbonyl (C=O) groups is 2. The fourth-order valence-electron chi connectivity index (χ4n) is 2.91. The summed E-state index contributed by atoms with van der Waals surface area (Å²) in [5.41, 5.74) is 0.410. The number of aromatic nitrogens is 2. The summed E-state index contributed by atoms with van der Waals surface area (Å²) in [6, 6.07) is 6.31. The van der Waals surface area contributed by atoms with E-state index < -0.39 is 11.6 Å². The summed E-state index contributed by atoms with van der Waals surface area (Å²) in [7, 11) is 0. The van der Waals surface area contributed by atoms with Crippen molar-refractivity contribution in [2.45, 2.75) is 33.3 Å². The van der Waals surface area contributed by atoms with E-state index in [1.807, 2.05) is 32.6 Å². The van der Waals surface area contributed by atoms with Crippen LogP contribution in [0.3, 0.4) is 0 Å². The Morgan fingerprint density at radius 1 is 1.10 bits per heavy atom. The van der Waals surface area contributed by atoms with Gasteiger partial charge in [-0.1, -0.05) is 6.07 Å². The second kappa shape index (κ2) is 8.56. The van der Waals surface area contributed by atoms with Gasteiger partial charge in [0.2, 0.25) is 11.8 Å². The first kappa shape index (κ1) is 21.4. The van der Waals surface area contributed by atoms with Crippen LogP contribution in [0.1, 0.15) is 36.7 Å². The first-order valence-electron chi connectivity index (χ1n) is 9.70. The number of carboxylic acid groups (broad SMARTS) is 1. The zero-order valence-corrected chi connectivity index (χ0v) is 17.6. The van der Waals surface area contributed by atoms with E-state index in [1.165, 1.54) is 12.1 Å². The van der Waals surface area contributed by atoms with Gasteiger partial charge in [0.15, 0.2) is 0 Å². The average Bonchev–Trinajstić information content (AvgIpc) is 2.68. The van der Waals surface area contributed by atoms with Crippen LogP contribution in [0.15, 0.2) is 30.5 Å². The topological polar surface area (TPSA) is 105 Å². The molecule has 1 aliphatic heterocycles. The molecular weight excluding hydrogens is 388 g/mol. The molecule has 160 valence electrons. The summed E-state index contributed by atoms with van der Waals surface area (Å²) < 4.78 is 11.2. The number of piperazine rings is 1. The summed E-state index contributed by atoms with van der Waals surface area (Å²) >= 11 is 0. The molecule has 1 aromatic heterocycles. The number of carbonyl (C=O) groups excluding carboxylic acids is 1. The van der Waals surface area contributed by atoms with Gasteiger partial charge in [0.25, 0.3) is 0 Å². The van der Waals surface area contributed by atoms with Crippen molar-refractivity contribution < 1.29 is 24.2 Å². The largest absolute Gasteiger partial charge is 0.478 e. The van der Waals surface area contributed by atoms with Crippen molar-refractivity contribution in [3.05, 3.63) is 41.6 Å². The highest BCUT2D eigenvalue weighted by Crippen LogP contribution is 2.26. The van der Waals surface area contributed by atoms with Crippen LogP contribution in [0, 0.1) is 6.92 Å². The molecule has 3 rings (SSSR count). The lowest BCUT2D eigenvalue weighted by Crippen LogP contribution is -2.50. The third kappa shape index (κ3) is 5.37. The Labute approximate surface area is 175 Å². The van der Waals surface area contributed by atoms with Gasteiger partial charge in [-0.25, -0.2) is 14.6 Å². The Morgan fingerprint density at radius 2 is 1.80 bits per heavy atom. The van der Waals surface area contributed by atoms with Gasteiger partial charge in [0.1, 0.15) is 11.4 Å². The maximum atomic E-state index is 12.2. The number of ether oxygens (including phenoxy) is 2. The fraction of sp³-hybridized carbons (Fsp3) is 0.429. The molecule has 30 heavy (non-hydrogen) atoms. The number of nitrogens with zero attached hydrogens (tertiary/aromatic N) is 4. The summed E-state index contributed by atoms with van der Waals surface area (Å²) in [4.78, 5) is 35.8. The van der Waals surface area contributed by atoms with Crippen molar-refractivity contribution in [2.24, 2.45) is 0 Å². The summed E-state index contributed by atoms with van der Waals surface area (Å²) in [5.74, 6) is 0.212. The molecule has 1 aliphatic rings. The van der Waals surface area contributed by atoms with Gasteiger partial charge in [-0.3, -0.25) is 0 Å². The smallest absolute Gasteiger partial charge is 0.410 e. The summed E-state index contributed by atoms with van der Waals surface area (Å²) in [6.45, 7) is 9.49. The van der Waals surface area contributed by atoms with Crippen LogP contribution in [0.5, 0.6) is 11.6 Å². The van der Waals surface area contributed by atoms with E-state index in [9.17, 15) is 14.7 Å². The zero-order chi connectivity index (χ0) is 21.9. The fourth-order valence-corrected chi connectivity index (χ4v) is 2.91. The van der Waals surface area contributed by atoms with Gasteiger partial charge >= 0.3 is 12.1 Å². The van der Waals surface area contributed by atoms with Gasteiger partial charge in [0, 0.05) is 38.4 Å². The van der Waals surface area contributed by atoms with Gasteiger partial charge < -0.3 is 24.4 Å². The minimum Gasteiger partial charge on any atom is -0.478 e. The van der Waals surface area contributed by atoms with Crippen LogP contribution in [0.25, 0.3) is 0 Å². The molecule has 1 fully saturated rings. The maximum absolute atomic E-state index is 12.2. The minimum atomic E-state index is -1.02. The molecule has 9 heteroatoms. The molecule has 2 heterocycles. The number of benzene rings is 1. The highest BCUT2D eigenvalue weighted by Gasteiger charge is 2.26. The molecule has 0 bridgehead atoms. The molecule has 0 atom stereocenters. The molecule has 1 amide bonds. The van der Waals surface area contributed by atoms with Crippen molar-refractivity contribution in [1.82, 2.24) is 14.9 Å². The number of amides is 1. The number of hydrogen-bond acceptors (Lipinski definition) is 7. The quantitative estimate of drug-likeness (QED) is 0.812. The van der Waals surface area contributed by atoms with E-state index in [2.05, 4.69) is 9.97 Å². The maximum Gasteiger partial charge on any atom is 0.410 e. The lowest BCUT2D eigenvalue weighted by molar-refractivity contribution is 0.0240. The molecule has 0 saturated carbocycles. The number of rotatable bonds is 4. The van der Waals surface area contributed by atoms with Gasteiger partial charge in [-0.15, -0.1) is 0 Å². The molecule has 2 aromatic rings. The Hall–Kier alpha value is -3.36. The van der Waals surface area contributed by atoms with Gasteiger partial charge in [-0.2, -0.15) is 4.98 Å². The van der Waals surface area contributed by atoms with Crippen LogP contribution in [-0.2, 0) is 4.74 Å². The second-order valence-corrected chi connectivity index (χ2v) is 8.04. The number of anilines is 1. The van der Waals surface area contributed by atoms with E-state index >= 15 is 0 Å². The third-order valence-electron chi connectivity index (χ3n) is 4.48. The predicted octanol–water partition coefficient (Wildman–Crippen LogP) is 3.33. The first-order chi connectivity index (χ1) is 14.1. The molecule has 1 saturated heterocycles. The SMILES string of the molecule is Cc1ccc(C(=O)O)cc1Oc1ccnc(N2CCN(C(=O)OC(C)(C)C)CC2)n1. The standard InChI is InChI=1S/C21H26N4O5/c1-14-5-6-15(18(26)27)13-16(14)29-17-7-8-22-19(23-17)24-9-11-25(12-10-24)20(28)30-21(2,3)4/h5-8,13H,9-12H2,1-4H3,(H,26,27). The van der Waals surface area contributed by atoms with E-state index in [-0.39, 0.29) is 11.7 Å². The van der Waals surface area contributed by atoms with Gasteiger partial charge in [-0.05, 0) is 45.4 Å². The van der Waals surface area contributed by atoms with Crippen LogP contribution in [-0.4, -0.2) is 63.8 Å². The van der Waals surface area contributed by atoms with Crippen molar-refractivity contribution in [3.63, 3.8) is 0 Å². The first-order valence-corrected chi connectivity index (χ1v) is 9.70. The van der Waals surface area contributed by atoms with Crippen molar-refractivity contribution in [2.75, 3.05) is 31.1 Å². The lowest BCUT2D eigenvalue weighted by Gasteiger charge is -2.35. The number of aromatic carboxylic acids is 1. The summed E-state index contributed by atoms with van der Waals surface area (Å²) in [5, 5.41) is 9.18. The molecule has 1 N–H and O–H groups in total. The van der Waals surface area contributed by atoms with Crippen molar-refractivity contribution in [3.8, 4) is 11.6 Å². The molecule has 0 spiro atoms. The molecule has 0 unspecified atom stereocenters. The highest BCUT2D eigenvalue weighted by atomic mass is 16.6. The third-order valence-corrected chi connectivity index (χ3v) is 4.48. The molecule has 9 nitrogen and oxygen atoms in total. The number of hydrogen-bond donors (Lipinski definition) is 1. The monoisotopic (exact) mass is 414 g/mol. The van der Waals surface area contributed by atoms with Crippen molar-refractivity contribution >= 4 is 18.0 Å². The van der Waals surface area contributed by atoms with Gasteiger partial charge in [0.05, 0.1) is 5.56 Å². The number of aryl methyl sites for hydroxylation is 1. The van der Waals surface area contributed by atoms with Crippen LogP contribution in [0.4, 0.5) is 10.7 Å². The molecule has 1 aromatic carbocycles. The molecule has 0 aliphatic carbocycles. The highest BCUT2D eigenvalue weighted by molar-refractivity contribution is 5.88. The Morgan fingerprint density at radius 3 is 2.43 bits per heavy atom. The van der Waals surface area contributed by atoms with E-state index in [0.29, 0.717) is 43.8 Å². The van der Waals surface area contributed by atoms with E-state index in [0.717, 1.165) is 5.56 Å². The van der Waals surface area contributed by atoms with E-state index in [1.54, 1.807) is 23.2 Å². The Bertz CT molecular complexity index is 933. The summed E-state index contributed by atoms with van der Waals surface area (Å²) in [6.07, 6.45) is 1.27. The minimum absolute atomic E-state index is 0.142. The Balaban J connectivity index is 1.66. The normalized spacial score (nSPS) is 14.4. The van der Waals surface area contributed by atoms with Crippen LogP contribution in [0.2, 0.25) is 0 Å². The zero-order valence-electron chi connectivity index (χ0n) is 17.6. The van der Waals surface area contributed by atoms with Crippen LogP contribution >= 0.6 is 0 Å². The number of carboxylic acids is 1. The van der Waals surface area contributed by atoms with Crippen LogP contribution < -0.4 is 9.64 Å². The van der Waals surface area contributed by atoms with E-state index in [4.69, 9.17) is 9.47 Å². The molecule has 0 radical (unpaired) electrons. The lowest BCUT2D eigenvalue weighted by atomic mass is 10.1. The Kier molecular flexibility index (Phi) is 6.09.